The van der Waals surface area contributed by atoms with Gasteiger partial charge in [0.25, 0.3) is 0 Å². The fourth-order valence-electron chi connectivity index (χ4n) is 10.1. The number of ketones is 1. The van der Waals surface area contributed by atoms with Crippen LogP contribution in [0.1, 0.15) is 132 Å². The molecule has 57 heavy (non-hydrogen) atoms. The molecule has 3 N–H and O–H groups in total. The van der Waals surface area contributed by atoms with Crippen LogP contribution >= 0.6 is 0 Å². The molecule has 3 saturated heterocycles. The van der Waals surface area contributed by atoms with Crippen LogP contribution in [0.4, 0.5) is 0 Å². The summed E-state index contributed by atoms with van der Waals surface area (Å²) in [7, 11) is 5.35. The number of carbonyl (C=O) groups is 2. The molecule has 4 fully saturated rings. The van der Waals surface area contributed by atoms with Gasteiger partial charge in [0.15, 0.2) is 12.1 Å². The predicted molar refractivity (Wildman–Crippen MR) is 220 cm³/mol. The Morgan fingerprint density at radius 3 is 2.30 bits per heavy atom. The zero-order valence-electron chi connectivity index (χ0n) is 37.2. The molecule has 1 saturated carbocycles. The van der Waals surface area contributed by atoms with Crippen LogP contribution in [0.5, 0.6) is 0 Å². The van der Waals surface area contributed by atoms with E-state index < -0.39 is 77.3 Å². The van der Waals surface area contributed by atoms with Crippen LogP contribution in [0, 0.1) is 29.6 Å². The van der Waals surface area contributed by atoms with E-state index in [-0.39, 0.29) is 31.1 Å². The van der Waals surface area contributed by atoms with Crippen molar-refractivity contribution in [2.45, 2.75) is 193 Å². The smallest absolute Gasteiger partial charge is 0.316 e. The van der Waals surface area contributed by atoms with Gasteiger partial charge in [0.05, 0.1) is 29.6 Å². The molecule has 1 aliphatic carbocycles. The van der Waals surface area contributed by atoms with Gasteiger partial charge >= 0.3 is 5.97 Å². The summed E-state index contributed by atoms with van der Waals surface area (Å²) in [4.78, 5) is 38.7. The molecule has 13 heteroatoms. The summed E-state index contributed by atoms with van der Waals surface area (Å²) in [6, 6.07) is -0.255. The van der Waals surface area contributed by atoms with Crippen molar-refractivity contribution in [3.63, 3.8) is 0 Å². The molecule has 0 radical (unpaired) electrons. The lowest BCUT2D eigenvalue weighted by molar-refractivity contribution is -0.295. The zero-order chi connectivity index (χ0) is 42.2. The second kappa shape index (κ2) is 21.2. The van der Waals surface area contributed by atoms with E-state index in [0.717, 1.165) is 38.4 Å². The third-order valence-corrected chi connectivity index (χ3v) is 13.9. The number of likely N-dealkylation sites (tertiary alicyclic amines) is 1. The summed E-state index contributed by atoms with van der Waals surface area (Å²) >= 11 is 0. The summed E-state index contributed by atoms with van der Waals surface area (Å²) in [5.41, 5.74) is -2.56. The number of ether oxygens (including phenoxy) is 4. The number of esters is 1. The van der Waals surface area contributed by atoms with Gasteiger partial charge in [-0.1, -0.05) is 65.0 Å². The van der Waals surface area contributed by atoms with E-state index in [2.05, 4.69) is 4.90 Å². The fourth-order valence-corrected chi connectivity index (χ4v) is 10.1. The van der Waals surface area contributed by atoms with Gasteiger partial charge in [-0.25, -0.2) is 0 Å². The molecule has 0 aromatic carbocycles. The summed E-state index contributed by atoms with van der Waals surface area (Å²) in [5, 5.41) is 40.2. The van der Waals surface area contributed by atoms with Gasteiger partial charge < -0.3 is 44.0 Å². The number of cyclic esters (lactones) is 1. The van der Waals surface area contributed by atoms with Crippen molar-refractivity contribution in [1.82, 2.24) is 9.80 Å². The van der Waals surface area contributed by atoms with Gasteiger partial charge in [0.1, 0.15) is 29.8 Å². The zero-order valence-corrected chi connectivity index (χ0v) is 37.2. The number of aliphatic hydroxyl groups is 3. The molecular weight excluding hydrogens is 730 g/mol. The van der Waals surface area contributed by atoms with E-state index in [4.69, 9.17) is 28.9 Å². The topological polar surface area (TPSA) is 160 Å². The maximum absolute atomic E-state index is 14.3. The molecule has 0 amide bonds. The molecule has 4 rings (SSSR count). The Bertz CT molecular complexity index is 1310. The van der Waals surface area contributed by atoms with Crippen molar-refractivity contribution in [2.75, 3.05) is 40.8 Å². The van der Waals surface area contributed by atoms with Gasteiger partial charge in [-0.05, 0) is 106 Å². The standard InChI is InChI=1S/C44H79N3O10/c1-12-35-44(8,52)39(50)29(4)36(45-57-33-21-17-23-47(26-33)22-16-20-32-18-14-13-15-19-32)27(2)25-43(7,53-11)40(30(5)37(48)31(6)41(51)55-35)56-42-38(49)34(46(9)10)24-28(3)54-42/h27-35,38-40,42,49-50,52H,12-26H2,1-11H3/b45-36+/t27-,28-,29+,30+,31-,33?,34+,35-,38-,39-,40-,42+,43-,44-/m1/s1. The number of carbonyl (C=O) groups excluding carboxylic acids is 2. The van der Waals surface area contributed by atoms with Crippen LogP contribution < -0.4 is 0 Å². The summed E-state index contributed by atoms with van der Waals surface area (Å²) < 4.78 is 25.1. The lowest BCUT2D eigenvalue weighted by Crippen LogP contribution is -2.60. The highest BCUT2D eigenvalue weighted by molar-refractivity contribution is 6.00. The van der Waals surface area contributed by atoms with E-state index in [9.17, 15) is 24.9 Å². The Morgan fingerprint density at radius 1 is 0.982 bits per heavy atom. The summed E-state index contributed by atoms with van der Waals surface area (Å²) in [6.45, 7) is 16.8. The first kappa shape index (κ1) is 48.0. The molecule has 14 atom stereocenters. The average Bonchev–Trinajstić information content (AvgIpc) is 3.18. The van der Waals surface area contributed by atoms with Gasteiger partial charge in [-0.15, -0.1) is 0 Å². The van der Waals surface area contributed by atoms with E-state index in [1.165, 1.54) is 58.8 Å². The van der Waals surface area contributed by atoms with Crippen molar-refractivity contribution in [2.24, 2.45) is 34.7 Å². The number of methoxy groups -OCH3 is 1. The van der Waals surface area contributed by atoms with Crippen LogP contribution in [0.3, 0.4) is 0 Å². The lowest BCUT2D eigenvalue weighted by atomic mass is 9.74. The first-order chi connectivity index (χ1) is 26.8. The Hall–Kier alpha value is -1.71. The van der Waals surface area contributed by atoms with Gasteiger partial charge in [0.2, 0.25) is 0 Å². The number of hydrogen-bond donors (Lipinski definition) is 3. The first-order valence-corrected chi connectivity index (χ1v) is 22.2. The second-order valence-corrected chi connectivity index (χ2v) is 18.8. The molecule has 0 spiro atoms. The van der Waals surface area contributed by atoms with Crippen LogP contribution in [0.25, 0.3) is 0 Å². The van der Waals surface area contributed by atoms with E-state index >= 15 is 0 Å². The average molecular weight is 810 g/mol. The Morgan fingerprint density at radius 2 is 1.67 bits per heavy atom. The molecule has 13 nitrogen and oxygen atoms in total. The predicted octanol–water partition coefficient (Wildman–Crippen LogP) is 5.35. The molecule has 330 valence electrons. The number of piperidine rings is 1. The van der Waals surface area contributed by atoms with Crippen molar-refractivity contribution in [3.8, 4) is 0 Å². The highest BCUT2D eigenvalue weighted by Crippen LogP contribution is 2.39. The quantitative estimate of drug-likeness (QED) is 0.140. The Balaban J connectivity index is 1.68. The van der Waals surface area contributed by atoms with Crippen molar-refractivity contribution in [3.05, 3.63) is 0 Å². The number of hydrogen-bond acceptors (Lipinski definition) is 13. The first-order valence-electron chi connectivity index (χ1n) is 22.2. The molecule has 4 aliphatic rings. The minimum Gasteiger partial charge on any atom is -0.459 e. The monoisotopic (exact) mass is 810 g/mol. The molecular formula is C44H79N3O10. The van der Waals surface area contributed by atoms with Crippen molar-refractivity contribution < 1.29 is 48.7 Å². The molecule has 3 aliphatic heterocycles. The summed E-state index contributed by atoms with van der Waals surface area (Å²) in [5.74, 6) is -3.67. The van der Waals surface area contributed by atoms with Crippen LogP contribution in [0.2, 0.25) is 0 Å². The normalized spacial score (nSPS) is 42.2. The second-order valence-electron chi connectivity index (χ2n) is 18.8. The maximum Gasteiger partial charge on any atom is 0.316 e. The number of likely N-dealkylation sites (N-methyl/N-ethyl adjacent to an activating group) is 1. The van der Waals surface area contributed by atoms with Crippen LogP contribution in [0.15, 0.2) is 5.16 Å². The minimum absolute atomic E-state index is 0.143. The SMILES string of the molecule is CC[C@H]1OC(=O)[C@H](C)C(=O)[C@H](C)[C@@H](O[C@@H]2O[C@H](C)C[C@H](N(C)C)[C@H]2O)[C@](C)(OC)C[C@@H](C)/C(=N\OC2CCCN(CCCC3CCCCC3)C2)[C@H](C)[C@@H](O)[C@]1(C)O. The fraction of sp³-hybridized carbons (Fsp3) is 0.932. The number of nitrogens with zero attached hydrogens (tertiary/aromatic N) is 3. The molecule has 0 aromatic rings. The highest BCUT2D eigenvalue weighted by Gasteiger charge is 2.51. The molecule has 0 aromatic heterocycles. The molecule has 0 bridgehead atoms. The van der Waals surface area contributed by atoms with E-state index in [0.29, 0.717) is 12.1 Å². The van der Waals surface area contributed by atoms with Crippen molar-refractivity contribution in [1.29, 1.82) is 0 Å². The third-order valence-electron chi connectivity index (χ3n) is 13.9. The van der Waals surface area contributed by atoms with Gasteiger partial charge in [-0.2, -0.15) is 0 Å². The number of rotatable bonds is 11. The number of oxime groups is 1. The number of aliphatic hydroxyl groups excluding tert-OH is 2. The Labute approximate surface area is 343 Å². The molecule has 3 heterocycles. The Kier molecular flexibility index (Phi) is 17.8. The maximum atomic E-state index is 14.3. The minimum atomic E-state index is -1.88. The van der Waals surface area contributed by atoms with Crippen LogP contribution in [-0.2, 0) is 33.4 Å². The van der Waals surface area contributed by atoms with Gasteiger partial charge in [0, 0.05) is 37.5 Å². The third kappa shape index (κ3) is 12.0. The lowest BCUT2D eigenvalue weighted by Gasteiger charge is -2.47. The highest BCUT2D eigenvalue weighted by atomic mass is 16.7. The van der Waals surface area contributed by atoms with E-state index in [1.807, 2.05) is 39.8 Å². The van der Waals surface area contributed by atoms with Crippen molar-refractivity contribution >= 4 is 17.5 Å². The number of Topliss-reactive ketones (excluding diaryl/α,β-unsaturated/α-hetero) is 1. The summed E-state index contributed by atoms with van der Waals surface area (Å²) in [6.07, 6.45) is 6.17. The van der Waals surface area contributed by atoms with E-state index in [1.54, 1.807) is 27.9 Å². The molecule has 1 unspecified atom stereocenters. The van der Waals surface area contributed by atoms with Crippen LogP contribution in [-0.4, -0.2) is 144 Å². The van der Waals surface area contributed by atoms with Gasteiger partial charge in [-0.3, -0.25) is 14.5 Å². The largest absolute Gasteiger partial charge is 0.459 e.